The van der Waals surface area contributed by atoms with Crippen molar-refractivity contribution in [2.24, 2.45) is 0 Å². The lowest BCUT2D eigenvalue weighted by Crippen LogP contribution is -2.31. The lowest BCUT2D eigenvalue weighted by atomic mass is 10.2. The third-order valence-electron chi connectivity index (χ3n) is 4.42. The van der Waals surface area contributed by atoms with Gasteiger partial charge in [0.2, 0.25) is 0 Å². The highest BCUT2D eigenvalue weighted by atomic mass is 16.4. The number of urea groups is 1. The highest BCUT2D eigenvalue weighted by molar-refractivity contribution is 5.89. The highest BCUT2D eigenvalue weighted by Gasteiger charge is 2.10. The van der Waals surface area contributed by atoms with Gasteiger partial charge in [0.1, 0.15) is 0 Å². The molecule has 0 atom stereocenters. The van der Waals surface area contributed by atoms with Gasteiger partial charge in [-0.1, -0.05) is 18.2 Å². The van der Waals surface area contributed by atoms with Crippen molar-refractivity contribution >= 4 is 22.8 Å². The molecular formula is C21H26N4O3. The van der Waals surface area contributed by atoms with Gasteiger partial charge in [-0.15, -0.1) is 0 Å². The SMILES string of the molecule is Cc1ccc2c(c1)oc(=O)n2Cc1cccc(NC(=O)NCCCN(C)C)c1. The summed E-state index contributed by atoms with van der Waals surface area (Å²) in [6.07, 6.45) is 0.885. The molecule has 0 aliphatic carbocycles. The molecular weight excluding hydrogens is 356 g/mol. The Labute approximate surface area is 163 Å². The van der Waals surface area contributed by atoms with Crippen LogP contribution in [0.4, 0.5) is 10.5 Å². The maximum Gasteiger partial charge on any atom is 0.420 e. The van der Waals surface area contributed by atoms with Crippen LogP contribution in [-0.2, 0) is 6.54 Å². The van der Waals surface area contributed by atoms with Gasteiger partial charge < -0.3 is 20.0 Å². The largest absolute Gasteiger partial charge is 0.420 e. The van der Waals surface area contributed by atoms with Gasteiger partial charge in [0.25, 0.3) is 0 Å². The van der Waals surface area contributed by atoms with E-state index in [4.69, 9.17) is 4.42 Å². The maximum atomic E-state index is 12.2. The van der Waals surface area contributed by atoms with Gasteiger partial charge in [0.05, 0.1) is 12.1 Å². The number of aromatic nitrogens is 1. The molecule has 2 N–H and O–H groups in total. The molecule has 3 aromatic rings. The molecule has 0 saturated carbocycles. The number of nitrogens with zero attached hydrogens (tertiary/aromatic N) is 2. The number of hydrogen-bond donors (Lipinski definition) is 2. The number of rotatable bonds is 7. The Morgan fingerprint density at radius 3 is 2.79 bits per heavy atom. The summed E-state index contributed by atoms with van der Waals surface area (Å²) in [6.45, 7) is 3.86. The normalized spacial score (nSPS) is 11.1. The average molecular weight is 382 g/mol. The first-order valence-electron chi connectivity index (χ1n) is 9.31. The van der Waals surface area contributed by atoms with Gasteiger partial charge in [0.15, 0.2) is 5.58 Å². The molecule has 7 nitrogen and oxygen atoms in total. The zero-order valence-electron chi connectivity index (χ0n) is 16.5. The smallest absolute Gasteiger partial charge is 0.408 e. The number of hydrogen-bond acceptors (Lipinski definition) is 4. The number of anilines is 1. The van der Waals surface area contributed by atoms with E-state index < -0.39 is 5.76 Å². The van der Waals surface area contributed by atoms with Crippen LogP contribution in [0.1, 0.15) is 17.5 Å². The van der Waals surface area contributed by atoms with Gasteiger partial charge >= 0.3 is 11.8 Å². The fraction of sp³-hybridized carbons (Fsp3) is 0.333. The van der Waals surface area contributed by atoms with Crippen molar-refractivity contribution < 1.29 is 9.21 Å². The summed E-state index contributed by atoms with van der Waals surface area (Å²) in [5.74, 6) is -0.391. The second kappa shape index (κ2) is 8.75. The van der Waals surface area contributed by atoms with Crippen LogP contribution in [0.25, 0.3) is 11.1 Å². The van der Waals surface area contributed by atoms with Crippen LogP contribution in [0.2, 0.25) is 0 Å². The van der Waals surface area contributed by atoms with Crippen molar-refractivity contribution in [2.45, 2.75) is 19.9 Å². The second-order valence-electron chi connectivity index (χ2n) is 7.16. The summed E-state index contributed by atoms with van der Waals surface area (Å²) in [7, 11) is 4.00. The Morgan fingerprint density at radius 1 is 1.18 bits per heavy atom. The molecule has 1 heterocycles. The first-order chi connectivity index (χ1) is 13.4. The highest BCUT2D eigenvalue weighted by Crippen LogP contribution is 2.17. The van der Waals surface area contributed by atoms with Gasteiger partial charge in [0, 0.05) is 12.2 Å². The number of oxazole rings is 1. The van der Waals surface area contributed by atoms with E-state index >= 15 is 0 Å². The Kier molecular flexibility index (Phi) is 6.16. The molecule has 28 heavy (non-hydrogen) atoms. The summed E-state index contributed by atoms with van der Waals surface area (Å²) in [6, 6.07) is 12.9. The quantitative estimate of drug-likeness (QED) is 0.616. The van der Waals surface area contributed by atoms with Crippen LogP contribution in [0, 0.1) is 6.92 Å². The van der Waals surface area contributed by atoms with Crippen molar-refractivity contribution in [1.29, 1.82) is 0 Å². The monoisotopic (exact) mass is 382 g/mol. The number of fused-ring (bicyclic) bond motifs is 1. The van der Waals surface area contributed by atoms with Crippen LogP contribution in [0.15, 0.2) is 51.7 Å². The Hall–Kier alpha value is -3.06. The van der Waals surface area contributed by atoms with E-state index in [0.717, 1.165) is 29.6 Å². The summed E-state index contributed by atoms with van der Waals surface area (Å²) in [4.78, 5) is 26.3. The van der Waals surface area contributed by atoms with Gasteiger partial charge in [-0.3, -0.25) is 4.57 Å². The minimum Gasteiger partial charge on any atom is -0.408 e. The van der Waals surface area contributed by atoms with E-state index in [1.165, 1.54) is 0 Å². The topological polar surface area (TPSA) is 79.5 Å². The zero-order chi connectivity index (χ0) is 20.1. The Balaban J connectivity index is 1.66. The molecule has 7 heteroatoms. The number of amides is 2. The van der Waals surface area contributed by atoms with E-state index in [2.05, 4.69) is 15.5 Å². The van der Waals surface area contributed by atoms with E-state index in [1.807, 2.05) is 63.5 Å². The standard InChI is InChI=1S/C21H26N4O3/c1-15-8-9-18-19(12-15)28-21(27)25(18)14-16-6-4-7-17(13-16)23-20(26)22-10-5-11-24(2)3/h4,6-9,12-13H,5,10-11,14H2,1-3H3,(H2,22,23,26). The molecule has 0 bridgehead atoms. The molecule has 0 unspecified atom stereocenters. The summed E-state index contributed by atoms with van der Waals surface area (Å²) in [5.41, 5.74) is 3.95. The summed E-state index contributed by atoms with van der Waals surface area (Å²) >= 11 is 0. The lowest BCUT2D eigenvalue weighted by Gasteiger charge is -2.11. The van der Waals surface area contributed by atoms with Crippen LogP contribution < -0.4 is 16.4 Å². The number of nitrogens with one attached hydrogen (secondary N) is 2. The van der Waals surface area contributed by atoms with Crippen LogP contribution in [0.3, 0.4) is 0 Å². The summed E-state index contributed by atoms with van der Waals surface area (Å²) in [5, 5.41) is 5.68. The van der Waals surface area contributed by atoms with Crippen molar-refractivity contribution in [3.63, 3.8) is 0 Å². The van der Waals surface area contributed by atoms with Crippen molar-refractivity contribution in [2.75, 3.05) is 32.5 Å². The van der Waals surface area contributed by atoms with Crippen LogP contribution >= 0.6 is 0 Å². The fourth-order valence-electron chi connectivity index (χ4n) is 3.03. The third kappa shape index (κ3) is 5.01. The van der Waals surface area contributed by atoms with Gasteiger partial charge in [-0.25, -0.2) is 9.59 Å². The van der Waals surface area contributed by atoms with Crippen molar-refractivity contribution in [3.8, 4) is 0 Å². The average Bonchev–Trinajstić information content (AvgIpc) is 2.93. The van der Waals surface area contributed by atoms with Crippen LogP contribution in [-0.4, -0.2) is 42.7 Å². The summed E-state index contributed by atoms with van der Waals surface area (Å²) < 4.78 is 6.94. The molecule has 1 aromatic heterocycles. The molecule has 0 aliphatic rings. The lowest BCUT2D eigenvalue weighted by molar-refractivity contribution is 0.251. The first kappa shape index (κ1) is 19.7. The van der Waals surface area contributed by atoms with Gasteiger partial charge in [-0.2, -0.15) is 0 Å². The zero-order valence-corrected chi connectivity index (χ0v) is 16.5. The van der Waals surface area contributed by atoms with Crippen molar-refractivity contribution in [3.05, 3.63) is 64.1 Å². The fourth-order valence-corrected chi connectivity index (χ4v) is 3.03. The molecule has 2 aromatic carbocycles. The number of benzene rings is 2. The van der Waals surface area contributed by atoms with Crippen LogP contribution in [0.5, 0.6) is 0 Å². The molecule has 0 saturated heterocycles. The van der Waals surface area contributed by atoms with E-state index in [1.54, 1.807) is 4.57 Å². The molecule has 0 fully saturated rings. The third-order valence-corrected chi connectivity index (χ3v) is 4.42. The molecule has 3 rings (SSSR count). The minimum absolute atomic E-state index is 0.239. The Morgan fingerprint density at radius 2 is 2.00 bits per heavy atom. The molecule has 0 aliphatic heterocycles. The van der Waals surface area contributed by atoms with E-state index in [0.29, 0.717) is 24.4 Å². The maximum absolute atomic E-state index is 12.2. The predicted molar refractivity (Wildman–Crippen MR) is 111 cm³/mol. The Bertz CT molecular complexity index is 1020. The molecule has 148 valence electrons. The number of carbonyl (C=O) groups excluding carboxylic acids is 1. The predicted octanol–water partition coefficient (Wildman–Crippen LogP) is 3.02. The molecule has 2 amide bonds. The van der Waals surface area contributed by atoms with E-state index in [9.17, 15) is 9.59 Å². The molecule has 0 spiro atoms. The minimum atomic E-state index is -0.391. The second-order valence-corrected chi connectivity index (χ2v) is 7.16. The number of carbonyl (C=O) groups is 1. The van der Waals surface area contributed by atoms with E-state index in [-0.39, 0.29) is 6.03 Å². The molecule has 0 radical (unpaired) electrons. The van der Waals surface area contributed by atoms with Gasteiger partial charge in [-0.05, 0) is 69.4 Å². The first-order valence-corrected chi connectivity index (χ1v) is 9.31. The number of aryl methyl sites for hydroxylation is 1. The van der Waals surface area contributed by atoms with Crippen molar-refractivity contribution in [1.82, 2.24) is 14.8 Å².